The number of ether oxygens (including phenoxy) is 2. The van der Waals surface area contributed by atoms with Crippen LogP contribution in [0, 0.1) is 0 Å². The van der Waals surface area contributed by atoms with Crippen molar-refractivity contribution in [1.29, 1.82) is 0 Å². The number of hydrogen-bond acceptors (Lipinski definition) is 5. The maximum Gasteiger partial charge on any atom is 0.343 e. The molecule has 7 heteroatoms. The summed E-state index contributed by atoms with van der Waals surface area (Å²) in [6.45, 7) is 0.721. The molecule has 0 spiro atoms. The molecule has 0 aliphatic carbocycles. The maximum absolute atomic E-state index is 12.1. The van der Waals surface area contributed by atoms with Gasteiger partial charge in [0.05, 0.1) is 13.2 Å². The lowest BCUT2D eigenvalue weighted by atomic mass is 10.0. The van der Waals surface area contributed by atoms with Crippen molar-refractivity contribution >= 4 is 30.0 Å². The minimum Gasteiger partial charge on any atom is -0.482 e. The quantitative estimate of drug-likeness (QED) is 0.805. The Morgan fingerprint density at radius 2 is 2.18 bits per heavy atom. The van der Waals surface area contributed by atoms with Crippen molar-refractivity contribution in [2.75, 3.05) is 25.6 Å². The van der Waals surface area contributed by atoms with Crippen LogP contribution < -0.4 is 15.4 Å². The van der Waals surface area contributed by atoms with Gasteiger partial charge in [0.2, 0.25) is 5.91 Å². The zero-order valence-corrected chi connectivity index (χ0v) is 13.3. The SMILES string of the molecule is COC(=O)COc1cccc(NC(=O)C2CCCCN2)c1.Cl. The standard InChI is InChI=1S/C15H20N2O4.ClH/c1-20-14(18)10-21-12-6-4-5-11(9-12)17-15(19)13-7-2-3-8-16-13;/h4-6,9,13,16H,2-3,7-8,10H2,1H3,(H,17,19);1H. The van der Waals surface area contributed by atoms with Crippen LogP contribution in [-0.4, -0.2) is 38.2 Å². The Bertz CT molecular complexity index is 504. The molecular formula is C15H21ClN2O4. The van der Waals surface area contributed by atoms with Crippen LogP contribution in [0.4, 0.5) is 5.69 Å². The van der Waals surface area contributed by atoms with Gasteiger partial charge in [0.15, 0.2) is 6.61 Å². The van der Waals surface area contributed by atoms with Crippen molar-refractivity contribution in [2.24, 2.45) is 0 Å². The van der Waals surface area contributed by atoms with Gasteiger partial charge in [-0.3, -0.25) is 4.79 Å². The number of carbonyl (C=O) groups is 2. The van der Waals surface area contributed by atoms with E-state index in [2.05, 4.69) is 15.4 Å². The summed E-state index contributed by atoms with van der Waals surface area (Å²) in [7, 11) is 1.31. The lowest BCUT2D eigenvalue weighted by Crippen LogP contribution is -2.43. The summed E-state index contributed by atoms with van der Waals surface area (Å²) in [5.41, 5.74) is 0.648. The molecule has 1 fully saturated rings. The van der Waals surface area contributed by atoms with Gasteiger partial charge in [-0.15, -0.1) is 12.4 Å². The summed E-state index contributed by atoms with van der Waals surface area (Å²) < 4.78 is 9.79. The molecule has 2 N–H and O–H groups in total. The molecule has 1 amide bonds. The first-order valence-electron chi connectivity index (χ1n) is 7.03. The molecule has 0 saturated carbocycles. The molecule has 1 heterocycles. The van der Waals surface area contributed by atoms with E-state index in [1.807, 2.05) is 0 Å². The number of esters is 1. The van der Waals surface area contributed by atoms with E-state index in [1.165, 1.54) is 7.11 Å². The van der Waals surface area contributed by atoms with Crippen LogP contribution in [-0.2, 0) is 14.3 Å². The van der Waals surface area contributed by atoms with Gasteiger partial charge in [-0.1, -0.05) is 12.5 Å². The normalized spacial score (nSPS) is 17.0. The summed E-state index contributed by atoms with van der Waals surface area (Å²) in [6.07, 6.45) is 3.03. The number of benzene rings is 1. The molecule has 22 heavy (non-hydrogen) atoms. The van der Waals surface area contributed by atoms with Crippen LogP contribution in [0.15, 0.2) is 24.3 Å². The van der Waals surface area contributed by atoms with Crippen molar-refractivity contribution in [1.82, 2.24) is 5.32 Å². The van der Waals surface area contributed by atoms with Gasteiger partial charge in [-0.25, -0.2) is 4.79 Å². The zero-order valence-electron chi connectivity index (χ0n) is 12.5. The fourth-order valence-corrected chi connectivity index (χ4v) is 2.17. The van der Waals surface area contributed by atoms with E-state index in [1.54, 1.807) is 24.3 Å². The Kier molecular flexibility index (Phi) is 7.70. The van der Waals surface area contributed by atoms with Gasteiger partial charge in [0, 0.05) is 11.8 Å². The van der Waals surface area contributed by atoms with E-state index >= 15 is 0 Å². The number of piperidine rings is 1. The second kappa shape index (κ2) is 9.27. The van der Waals surface area contributed by atoms with E-state index in [0.29, 0.717) is 11.4 Å². The molecular weight excluding hydrogens is 308 g/mol. The first-order chi connectivity index (χ1) is 10.2. The highest BCUT2D eigenvalue weighted by atomic mass is 35.5. The first-order valence-corrected chi connectivity index (χ1v) is 7.03. The molecule has 1 atom stereocenters. The molecule has 0 bridgehead atoms. The van der Waals surface area contributed by atoms with Crippen molar-refractivity contribution in [3.8, 4) is 5.75 Å². The predicted octanol–water partition coefficient (Wildman–Crippen LogP) is 1.74. The second-order valence-electron chi connectivity index (χ2n) is 4.88. The monoisotopic (exact) mass is 328 g/mol. The van der Waals surface area contributed by atoms with Crippen molar-refractivity contribution in [3.05, 3.63) is 24.3 Å². The smallest absolute Gasteiger partial charge is 0.343 e. The Morgan fingerprint density at radius 1 is 1.36 bits per heavy atom. The number of methoxy groups -OCH3 is 1. The summed E-state index contributed by atoms with van der Waals surface area (Å²) in [5.74, 6) is 0.0189. The molecule has 1 aliphatic heterocycles. The summed E-state index contributed by atoms with van der Waals surface area (Å²) in [6, 6.07) is 6.81. The highest BCUT2D eigenvalue weighted by Crippen LogP contribution is 2.18. The number of halogens is 1. The van der Waals surface area contributed by atoms with Crippen LogP contribution >= 0.6 is 12.4 Å². The lowest BCUT2D eigenvalue weighted by molar-refractivity contribution is -0.142. The predicted molar refractivity (Wildman–Crippen MR) is 85.5 cm³/mol. The highest BCUT2D eigenvalue weighted by Gasteiger charge is 2.20. The van der Waals surface area contributed by atoms with Gasteiger partial charge in [0.25, 0.3) is 0 Å². The van der Waals surface area contributed by atoms with Gasteiger partial charge in [-0.05, 0) is 31.5 Å². The van der Waals surface area contributed by atoms with Gasteiger partial charge in [0.1, 0.15) is 5.75 Å². The summed E-state index contributed by atoms with van der Waals surface area (Å²) in [4.78, 5) is 23.1. The highest BCUT2D eigenvalue weighted by molar-refractivity contribution is 5.95. The third-order valence-electron chi connectivity index (χ3n) is 3.31. The molecule has 0 radical (unpaired) electrons. The largest absolute Gasteiger partial charge is 0.482 e. The van der Waals surface area contributed by atoms with E-state index in [4.69, 9.17) is 4.74 Å². The average molecular weight is 329 g/mol. The van der Waals surface area contributed by atoms with Gasteiger partial charge in [-0.2, -0.15) is 0 Å². The van der Waals surface area contributed by atoms with Crippen molar-refractivity contribution in [3.63, 3.8) is 0 Å². The van der Waals surface area contributed by atoms with E-state index in [9.17, 15) is 9.59 Å². The fraction of sp³-hybridized carbons (Fsp3) is 0.467. The summed E-state index contributed by atoms with van der Waals surface area (Å²) >= 11 is 0. The molecule has 1 saturated heterocycles. The molecule has 1 unspecified atom stereocenters. The Balaban J connectivity index is 0.00000242. The lowest BCUT2D eigenvalue weighted by Gasteiger charge is -2.22. The molecule has 0 aromatic heterocycles. The third-order valence-corrected chi connectivity index (χ3v) is 3.31. The number of rotatable bonds is 5. The van der Waals surface area contributed by atoms with Crippen molar-refractivity contribution < 1.29 is 19.1 Å². The Morgan fingerprint density at radius 3 is 2.86 bits per heavy atom. The molecule has 2 rings (SSSR count). The van der Waals surface area contributed by atoms with Crippen LogP contribution in [0.2, 0.25) is 0 Å². The van der Waals surface area contributed by atoms with Crippen LogP contribution in [0.3, 0.4) is 0 Å². The minimum atomic E-state index is -0.448. The summed E-state index contributed by atoms with van der Waals surface area (Å²) in [5, 5.41) is 6.05. The van der Waals surface area contributed by atoms with E-state index < -0.39 is 5.97 Å². The van der Waals surface area contributed by atoms with Crippen LogP contribution in [0.1, 0.15) is 19.3 Å². The number of carbonyl (C=O) groups excluding carboxylic acids is 2. The Hall–Kier alpha value is -1.79. The average Bonchev–Trinajstić information content (AvgIpc) is 2.53. The topological polar surface area (TPSA) is 76.7 Å². The number of anilines is 1. The molecule has 6 nitrogen and oxygen atoms in total. The fourth-order valence-electron chi connectivity index (χ4n) is 2.17. The number of hydrogen-bond donors (Lipinski definition) is 2. The van der Waals surface area contributed by atoms with Crippen LogP contribution in [0.5, 0.6) is 5.75 Å². The van der Waals surface area contributed by atoms with E-state index in [0.717, 1.165) is 25.8 Å². The molecule has 1 aromatic carbocycles. The molecule has 1 aromatic rings. The second-order valence-corrected chi connectivity index (χ2v) is 4.88. The first kappa shape index (κ1) is 18.3. The van der Waals surface area contributed by atoms with Crippen molar-refractivity contribution in [2.45, 2.75) is 25.3 Å². The number of nitrogens with one attached hydrogen (secondary N) is 2. The minimum absolute atomic E-state index is 0. The number of amides is 1. The Labute approximate surface area is 136 Å². The van der Waals surface area contributed by atoms with Gasteiger partial charge >= 0.3 is 5.97 Å². The zero-order chi connectivity index (χ0) is 15.1. The van der Waals surface area contributed by atoms with Gasteiger partial charge < -0.3 is 20.1 Å². The van der Waals surface area contributed by atoms with E-state index in [-0.39, 0.29) is 31.0 Å². The van der Waals surface area contributed by atoms with Crippen LogP contribution in [0.25, 0.3) is 0 Å². The maximum atomic E-state index is 12.1. The molecule has 1 aliphatic rings. The molecule has 122 valence electrons. The third kappa shape index (κ3) is 5.54.